The van der Waals surface area contributed by atoms with E-state index in [1.54, 1.807) is 6.92 Å². The van der Waals surface area contributed by atoms with E-state index in [4.69, 9.17) is 0 Å². The number of halogens is 3. The van der Waals surface area contributed by atoms with Gasteiger partial charge in [0.25, 0.3) is 0 Å². The molecule has 0 aromatic carbocycles. The highest BCUT2D eigenvalue weighted by Crippen LogP contribution is 2.65. The van der Waals surface area contributed by atoms with Crippen molar-refractivity contribution in [2.24, 2.45) is 28.6 Å². The molecule has 210 valence electrons. The summed E-state index contributed by atoms with van der Waals surface area (Å²) in [5, 5.41) is 17.2. The molecule has 0 aromatic rings. The van der Waals surface area contributed by atoms with Gasteiger partial charge in [0.15, 0.2) is 0 Å². The Balaban J connectivity index is 1.53. The van der Waals surface area contributed by atoms with Crippen molar-refractivity contribution in [3.05, 3.63) is 0 Å². The number of carbonyl (C=O) groups excluding carboxylic acids is 4. The SMILES string of the molecule is CC1(C)C[C@@H](C[C@@H](C#N)NC(=O)C2C3C(CN2C(=O)C(NC(=O)C(F)(F)F)C2(C)CCC2)C3(C)C)C(=O)N1. The van der Waals surface area contributed by atoms with Crippen molar-refractivity contribution < 1.29 is 32.3 Å². The molecular formula is C26H36F3N5O4. The van der Waals surface area contributed by atoms with E-state index < -0.39 is 58.9 Å². The van der Waals surface area contributed by atoms with Crippen LogP contribution in [0.2, 0.25) is 0 Å². The smallest absolute Gasteiger partial charge is 0.351 e. The lowest BCUT2D eigenvalue weighted by molar-refractivity contribution is -0.177. The lowest BCUT2D eigenvalue weighted by Crippen LogP contribution is -2.63. The summed E-state index contributed by atoms with van der Waals surface area (Å²) >= 11 is 0. The van der Waals surface area contributed by atoms with Crippen LogP contribution in [0, 0.1) is 39.9 Å². The Kier molecular flexibility index (Phi) is 6.77. The first-order chi connectivity index (χ1) is 17.4. The number of hydrogen-bond acceptors (Lipinski definition) is 5. The van der Waals surface area contributed by atoms with Gasteiger partial charge in [0.05, 0.1) is 6.07 Å². The summed E-state index contributed by atoms with van der Waals surface area (Å²) in [6.45, 7) is 9.53. The number of nitriles is 1. The highest BCUT2D eigenvalue weighted by Gasteiger charge is 2.70. The minimum atomic E-state index is -5.15. The predicted molar refractivity (Wildman–Crippen MR) is 129 cm³/mol. The Morgan fingerprint density at radius 2 is 1.79 bits per heavy atom. The van der Waals surface area contributed by atoms with Crippen LogP contribution in [0.15, 0.2) is 0 Å². The maximum absolute atomic E-state index is 13.7. The van der Waals surface area contributed by atoms with Crippen LogP contribution in [0.4, 0.5) is 13.2 Å². The molecule has 38 heavy (non-hydrogen) atoms. The molecule has 2 aliphatic carbocycles. The summed E-state index contributed by atoms with van der Waals surface area (Å²) in [4.78, 5) is 52.7. The first kappa shape index (κ1) is 28.2. The lowest BCUT2D eigenvalue weighted by Gasteiger charge is -2.46. The zero-order valence-electron chi connectivity index (χ0n) is 22.4. The van der Waals surface area contributed by atoms with Crippen molar-refractivity contribution in [1.82, 2.24) is 20.9 Å². The van der Waals surface area contributed by atoms with Crippen molar-refractivity contribution in [2.75, 3.05) is 6.54 Å². The number of nitrogens with one attached hydrogen (secondary N) is 3. The molecule has 2 saturated carbocycles. The van der Waals surface area contributed by atoms with Gasteiger partial charge in [-0.3, -0.25) is 19.2 Å². The second-order valence-corrected chi connectivity index (χ2v) is 13.0. The third kappa shape index (κ3) is 4.96. The van der Waals surface area contributed by atoms with Gasteiger partial charge < -0.3 is 20.9 Å². The molecule has 0 radical (unpaired) electrons. The molecule has 4 unspecified atom stereocenters. The number of alkyl halides is 3. The number of rotatable bonds is 7. The number of piperidine rings is 1. The molecule has 0 spiro atoms. The van der Waals surface area contributed by atoms with Gasteiger partial charge in [-0.25, -0.2) is 0 Å². The second-order valence-electron chi connectivity index (χ2n) is 13.0. The fraction of sp³-hybridized carbons (Fsp3) is 0.808. The lowest BCUT2D eigenvalue weighted by atomic mass is 9.65. The molecule has 3 N–H and O–H groups in total. The topological polar surface area (TPSA) is 131 Å². The molecule has 12 heteroatoms. The van der Waals surface area contributed by atoms with E-state index in [0.717, 1.165) is 6.42 Å². The van der Waals surface area contributed by atoms with Gasteiger partial charge >= 0.3 is 12.1 Å². The molecule has 9 nitrogen and oxygen atoms in total. The van der Waals surface area contributed by atoms with Crippen LogP contribution in [-0.4, -0.2) is 64.9 Å². The maximum Gasteiger partial charge on any atom is 0.471 e. The molecule has 0 bridgehead atoms. The third-order valence-corrected chi connectivity index (χ3v) is 9.31. The quantitative estimate of drug-likeness (QED) is 0.456. The van der Waals surface area contributed by atoms with Gasteiger partial charge in [-0.1, -0.05) is 27.2 Å². The Morgan fingerprint density at radius 3 is 2.26 bits per heavy atom. The number of nitrogens with zero attached hydrogens (tertiary/aromatic N) is 2. The average Bonchev–Trinajstić information content (AvgIpc) is 3.07. The van der Waals surface area contributed by atoms with Crippen molar-refractivity contribution in [3.8, 4) is 6.07 Å². The molecular weight excluding hydrogens is 503 g/mol. The molecule has 4 fully saturated rings. The van der Waals surface area contributed by atoms with Gasteiger partial charge in [0.1, 0.15) is 18.1 Å². The first-order valence-electron chi connectivity index (χ1n) is 13.1. The zero-order valence-corrected chi connectivity index (χ0v) is 22.4. The van der Waals surface area contributed by atoms with Crippen molar-refractivity contribution in [2.45, 2.75) is 96.6 Å². The van der Waals surface area contributed by atoms with Gasteiger partial charge in [-0.2, -0.15) is 18.4 Å². The number of likely N-dealkylation sites (tertiary alicyclic amines) is 1. The molecule has 2 saturated heterocycles. The van der Waals surface area contributed by atoms with E-state index in [-0.39, 0.29) is 36.1 Å². The van der Waals surface area contributed by atoms with E-state index in [2.05, 4.69) is 10.6 Å². The average molecular weight is 540 g/mol. The number of carbonyl (C=O) groups is 4. The van der Waals surface area contributed by atoms with Crippen LogP contribution in [0.1, 0.15) is 66.7 Å². The number of amides is 4. The largest absolute Gasteiger partial charge is 0.471 e. The predicted octanol–water partition coefficient (Wildman–Crippen LogP) is 2.02. The fourth-order valence-electron chi connectivity index (χ4n) is 6.82. The van der Waals surface area contributed by atoms with E-state index in [1.807, 2.05) is 39.1 Å². The monoisotopic (exact) mass is 539 g/mol. The molecule has 2 aliphatic heterocycles. The van der Waals surface area contributed by atoms with E-state index in [9.17, 15) is 37.6 Å². The van der Waals surface area contributed by atoms with Gasteiger partial charge in [0, 0.05) is 18.0 Å². The Morgan fingerprint density at radius 1 is 1.16 bits per heavy atom. The van der Waals surface area contributed by atoms with Crippen LogP contribution in [0.3, 0.4) is 0 Å². The van der Waals surface area contributed by atoms with Crippen molar-refractivity contribution in [1.29, 1.82) is 5.26 Å². The summed E-state index contributed by atoms with van der Waals surface area (Å²) in [5.74, 6) is -4.37. The highest BCUT2D eigenvalue weighted by atomic mass is 19.4. The summed E-state index contributed by atoms with van der Waals surface area (Å²) in [5.41, 5.74) is -1.53. The minimum absolute atomic E-state index is 0.0303. The third-order valence-electron chi connectivity index (χ3n) is 9.31. The van der Waals surface area contributed by atoms with Crippen molar-refractivity contribution in [3.63, 3.8) is 0 Å². The van der Waals surface area contributed by atoms with E-state index in [1.165, 1.54) is 4.90 Å². The standard InChI is InChI=1S/C26H36F3N5O4/c1-23(2)10-13(19(35)33-23)9-14(11-30)31-20(36)17-16-15(24(16,3)4)12-34(17)21(37)18(25(5)7-6-8-25)32-22(38)26(27,28)29/h13-18H,6-10,12H2,1-5H3,(H,31,36)(H,32,38)(H,33,35)/t13-,14+,15?,16?,17?,18?/m1/s1. The summed E-state index contributed by atoms with van der Waals surface area (Å²) in [6, 6.07) is -1.35. The number of hydrogen-bond donors (Lipinski definition) is 3. The zero-order chi connectivity index (χ0) is 28.4. The summed E-state index contributed by atoms with van der Waals surface area (Å²) in [7, 11) is 0. The molecule has 0 aromatic heterocycles. The highest BCUT2D eigenvalue weighted by molar-refractivity contribution is 5.95. The first-order valence-corrected chi connectivity index (χ1v) is 13.1. The maximum atomic E-state index is 13.7. The number of fused-ring (bicyclic) bond motifs is 1. The normalized spacial score (nSPS) is 31.7. The Bertz CT molecular complexity index is 1080. The van der Waals surface area contributed by atoms with Gasteiger partial charge in [-0.15, -0.1) is 0 Å². The van der Waals surface area contributed by atoms with E-state index >= 15 is 0 Å². The molecule has 6 atom stereocenters. The van der Waals surface area contributed by atoms with Crippen LogP contribution in [0.25, 0.3) is 0 Å². The van der Waals surface area contributed by atoms with Crippen LogP contribution >= 0.6 is 0 Å². The van der Waals surface area contributed by atoms with E-state index in [0.29, 0.717) is 19.3 Å². The molecule has 2 heterocycles. The second kappa shape index (κ2) is 9.12. The molecule has 4 aliphatic rings. The van der Waals surface area contributed by atoms with Gasteiger partial charge in [-0.05, 0) is 62.2 Å². The summed E-state index contributed by atoms with van der Waals surface area (Å²) in [6.07, 6.45) is -2.87. The summed E-state index contributed by atoms with van der Waals surface area (Å²) < 4.78 is 39.3. The van der Waals surface area contributed by atoms with Crippen LogP contribution in [-0.2, 0) is 19.2 Å². The van der Waals surface area contributed by atoms with Gasteiger partial charge in [0.2, 0.25) is 17.7 Å². The van der Waals surface area contributed by atoms with Crippen molar-refractivity contribution >= 4 is 23.6 Å². The fourth-order valence-corrected chi connectivity index (χ4v) is 6.82. The van der Waals surface area contributed by atoms with Crippen LogP contribution in [0.5, 0.6) is 0 Å². The van der Waals surface area contributed by atoms with Crippen LogP contribution < -0.4 is 16.0 Å². The Hall–Kier alpha value is -2.84. The minimum Gasteiger partial charge on any atom is -0.351 e. The molecule has 4 amide bonds. The molecule has 4 rings (SSSR count). The Labute approximate surface area is 220 Å².